The molecule has 0 bridgehead atoms. The van der Waals surface area contributed by atoms with Gasteiger partial charge in [-0.3, -0.25) is 9.59 Å². The van der Waals surface area contributed by atoms with Crippen LogP contribution in [-0.4, -0.2) is 17.1 Å². The van der Waals surface area contributed by atoms with E-state index in [-0.39, 0.29) is 11.8 Å². The van der Waals surface area contributed by atoms with Gasteiger partial charge in [-0.15, -0.1) is 11.8 Å². The number of carbonyl (C=O) groups excluding carboxylic acids is 2. The number of hydrogen-bond acceptors (Lipinski definition) is 3. The van der Waals surface area contributed by atoms with Crippen molar-refractivity contribution in [3.8, 4) is 0 Å². The number of rotatable bonds is 6. The van der Waals surface area contributed by atoms with Gasteiger partial charge in [0.05, 0.1) is 18.2 Å². The average molecular weight is 465 g/mol. The third-order valence-electron chi connectivity index (χ3n) is 5.76. The molecule has 1 heterocycles. The number of benzene rings is 3. The Morgan fingerprint density at radius 3 is 2.50 bits per heavy atom. The number of nitrogens with one attached hydrogen (secondary N) is 1. The highest BCUT2D eigenvalue weighted by atomic mass is 35.5. The van der Waals surface area contributed by atoms with Gasteiger partial charge >= 0.3 is 0 Å². The first kappa shape index (κ1) is 22.4. The SMILES string of the molecule is Cc1ccccc1CN1C(=O)[C@@H]([C@@H](C)C(=O)NCc2ccc(Cl)cc2)Sc2ccccc21. The zero-order valence-corrected chi connectivity index (χ0v) is 19.6. The van der Waals surface area contributed by atoms with Crippen molar-refractivity contribution < 1.29 is 9.59 Å². The summed E-state index contributed by atoms with van der Waals surface area (Å²) in [5, 5.41) is 3.14. The minimum atomic E-state index is -0.487. The molecule has 3 aromatic rings. The Hall–Kier alpha value is -2.76. The topological polar surface area (TPSA) is 49.4 Å². The summed E-state index contributed by atoms with van der Waals surface area (Å²) in [6.45, 7) is 4.76. The van der Waals surface area contributed by atoms with E-state index >= 15 is 0 Å². The number of carbonyl (C=O) groups is 2. The predicted octanol–water partition coefficient (Wildman–Crippen LogP) is 5.61. The predicted molar refractivity (Wildman–Crippen MR) is 131 cm³/mol. The molecular formula is C26H25ClN2O2S. The molecule has 0 unspecified atom stereocenters. The van der Waals surface area contributed by atoms with Crippen LogP contribution in [0.3, 0.4) is 0 Å². The molecule has 164 valence electrons. The van der Waals surface area contributed by atoms with Crippen LogP contribution >= 0.6 is 23.4 Å². The van der Waals surface area contributed by atoms with Crippen molar-refractivity contribution in [1.82, 2.24) is 5.32 Å². The van der Waals surface area contributed by atoms with Crippen LogP contribution in [0.15, 0.2) is 77.7 Å². The smallest absolute Gasteiger partial charge is 0.241 e. The number of anilines is 1. The summed E-state index contributed by atoms with van der Waals surface area (Å²) in [5.74, 6) is -0.653. The zero-order chi connectivity index (χ0) is 22.7. The number of amides is 2. The van der Waals surface area contributed by atoms with Gasteiger partial charge in [0.15, 0.2) is 0 Å². The summed E-state index contributed by atoms with van der Waals surface area (Å²) < 4.78 is 0. The van der Waals surface area contributed by atoms with E-state index in [9.17, 15) is 9.59 Å². The van der Waals surface area contributed by atoms with Gasteiger partial charge in [-0.1, -0.05) is 67.1 Å². The molecular weight excluding hydrogens is 440 g/mol. The van der Waals surface area contributed by atoms with Gasteiger partial charge < -0.3 is 10.2 Å². The van der Waals surface area contributed by atoms with Crippen molar-refractivity contribution in [3.63, 3.8) is 0 Å². The number of fused-ring (bicyclic) bond motifs is 1. The summed E-state index contributed by atoms with van der Waals surface area (Å²) in [5.41, 5.74) is 4.10. The van der Waals surface area contributed by atoms with Crippen molar-refractivity contribution in [1.29, 1.82) is 0 Å². The highest BCUT2D eigenvalue weighted by Gasteiger charge is 2.39. The van der Waals surface area contributed by atoms with E-state index in [2.05, 4.69) is 18.3 Å². The maximum absolute atomic E-state index is 13.6. The lowest BCUT2D eigenvalue weighted by molar-refractivity contribution is -0.128. The first-order valence-electron chi connectivity index (χ1n) is 10.6. The molecule has 0 aromatic heterocycles. The van der Waals surface area contributed by atoms with Crippen LogP contribution in [0.2, 0.25) is 5.02 Å². The molecule has 4 nitrogen and oxygen atoms in total. The first-order valence-corrected chi connectivity index (χ1v) is 11.8. The molecule has 2 amide bonds. The second kappa shape index (κ2) is 9.80. The second-order valence-electron chi connectivity index (χ2n) is 7.99. The van der Waals surface area contributed by atoms with Crippen LogP contribution in [-0.2, 0) is 22.7 Å². The molecule has 1 N–H and O–H groups in total. The summed E-state index contributed by atoms with van der Waals surface area (Å²) >= 11 is 7.41. The number of nitrogens with zero attached hydrogens (tertiary/aromatic N) is 1. The molecule has 0 spiro atoms. The standard InChI is InChI=1S/C26H25ClN2O2S/c1-17-7-3-4-8-20(17)16-29-22-9-5-6-10-23(22)32-24(26(29)31)18(2)25(30)28-15-19-11-13-21(27)14-12-19/h3-14,18,24H,15-16H2,1-2H3,(H,28,30)/t18-,24-/m1/s1. The van der Waals surface area contributed by atoms with Crippen LogP contribution in [0.5, 0.6) is 0 Å². The number of halogens is 1. The van der Waals surface area contributed by atoms with Crippen LogP contribution in [0.25, 0.3) is 0 Å². The third kappa shape index (κ3) is 4.84. The highest BCUT2D eigenvalue weighted by Crippen LogP contribution is 2.42. The van der Waals surface area contributed by atoms with Crippen molar-refractivity contribution >= 4 is 40.9 Å². The average Bonchev–Trinajstić information content (AvgIpc) is 2.81. The van der Waals surface area contributed by atoms with Crippen LogP contribution < -0.4 is 10.2 Å². The minimum absolute atomic E-state index is 0.0360. The van der Waals surface area contributed by atoms with E-state index in [1.54, 1.807) is 12.1 Å². The molecule has 1 aliphatic heterocycles. The molecule has 4 rings (SSSR count). The highest BCUT2D eigenvalue weighted by molar-refractivity contribution is 8.01. The van der Waals surface area contributed by atoms with Gasteiger partial charge in [-0.05, 0) is 47.9 Å². The maximum Gasteiger partial charge on any atom is 0.241 e. The Labute approximate surface area is 198 Å². The fourth-order valence-corrected chi connectivity index (χ4v) is 5.18. The second-order valence-corrected chi connectivity index (χ2v) is 9.61. The summed E-state index contributed by atoms with van der Waals surface area (Å²) in [6.07, 6.45) is 0. The Kier molecular flexibility index (Phi) is 6.87. The van der Waals surface area contributed by atoms with Gasteiger partial charge in [0.2, 0.25) is 11.8 Å². The van der Waals surface area contributed by atoms with Crippen LogP contribution in [0.1, 0.15) is 23.6 Å². The first-order chi connectivity index (χ1) is 15.4. The molecule has 3 aromatic carbocycles. The van der Waals surface area contributed by atoms with E-state index in [4.69, 9.17) is 11.6 Å². The summed E-state index contributed by atoms with van der Waals surface area (Å²) in [7, 11) is 0. The number of para-hydroxylation sites is 1. The molecule has 6 heteroatoms. The minimum Gasteiger partial charge on any atom is -0.352 e. The van der Waals surface area contributed by atoms with E-state index in [0.29, 0.717) is 18.1 Å². The molecule has 0 aliphatic carbocycles. The quantitative estimate of drug-likeness (QED) is 0.516. The van der Waals surface area contributed by atoms with Gasteiger partial charge in [-0.25, -0.2) is 0 Å². The molecule has 0 saturated carbocycles. The lowest BCUT2D eigenvalue weighted by atomic mass is 10.0. The molecule has 1 aliphatic rings. The van der Waals surface area contributed by atoms with E-state index in [0.717, 1.165) is 27.3 Å². The summed E-state index contributed by atoms with van der Waals surface area (Å²) in [6, 6.07) is 23.3. The largest absolute Gasteiger partial charge is 0.352 e. The lowest BCUT2D eigenvalue weighted by Crippen LogP contribution is -2.47. The number of aryl methyl sites for hydroxylation is 1. The molecule has 0 radical (unpaired) electrons. The number of thioether (sulfide) groups is 1. The van der Waals surface area contributed by atoms with Crippen molar-refractivity contribution in [2.75, 3.05) is 4.90 Å². The fourth-order valence-electron chi connectivity index (χ4n) is 3.77. The van der Waals surface area contributed by atoms with E-state index in [1.165, 1.54) is 11.8 Å². The molecule has 0 fully saturated rings. The Balaban J connectivity index is 1.53. The van der Waals surface area contributed by atoms with Gasteiger partial charge in [0, 0.05) is 16.5 Å². The Morgan fingerprint density at radius 2 is 1.75 bits per heavy atom. The normalized spacial score (nSPS) is 16.4. The fraction of sp³-hybridized carbons (Fsp3) is 0.231. The van der Waals surface area contributed by atoms with Crippen molar-refractivity contribution in [2.24, 2.45) is 5.92 Å². The van der Waals surface area contributed by atoms with E-state index in [1.807, 2.05) is 66.4 Å². The van der Waals surface area contributed by atoms with Crippen LogP contribution in [0, 0.1) is 12.8 Å². The lowest BCUT2D eigenvalue weighted by Gasteiger charge is -2.36. The molecule has 32 heavy (non-hydrogen) atoms. The Bertz CT molecular complexity index is 1130. The maximum atomic E-state index is 13.6. The third-order valence-corrected chi connectivity index (χ3v) is 7.47. The van der Waals surface area contributed by atoms with Crippen molar-refractivity contribution in [3.05, 3.63) is 94.5 Å². The number of hydrogen-bond donors (Lipinski definition) is 1. The van der Waals surface area contributed by atoms with E-state index < -0.39 is 11.2 Å². The summed E-state index contributed by atoms with van der Waals surface area (Å²) in [4.78, 5) is 29.3. The molecule has 0 saturated heterocycles. The van der Waals surface area contributed by atoms with Gasteiger partial charge in [0.1, 0.15) is 5.25 Å². The monoisotopic (exact) mass is 464 g/mol. The van der Waals surface area contributed by atoms with Crippen LogP contribution in [0.4, 0.5) is 5.69 Å². The van der Waals surface area contributed by atoms with Crippen molar-refractivity contribution in [2.45, 2.75) is 37.1 Å². The van der Waals surface area contributed by atoms with Gasteiger partial charge in [0.25, 0.3) is 0 Å². The Morgan fingerprint density at radius 1 is 1.06 bits per heavy atom. The van der Waals surface area contributed by atoms with Gasteiger partial charge in [-0.2, -0.15) is 0 Å². The molecule has 2 atom stereocenters. The zero-order valence-electron chi connectivity index (χ0n) is 18.0.